The predicted octanol–water partition coefficient (Wildman–Crippen LogP) is 4.86. The average molecular weight is 288 g/mol. The number of nitrogens with one attached hydrogen (secondary N) is 1. The Morgan fingerprint density at radius 1 is 1.23 bits per heavy atom. The molecule has 0 amide bonds. The van der Waals surface area contributed by atoms with Crippen LogP contribution in [0.4, 0.5) is 0 Å². The normalized spacial score (nSPS) is 17.8. The summed E-state index contributed by atoms with van der Waals surface area (Å²) < 4.78 is 0. The quantitative estimate of drug-likeness (QED) is 0.862. The molecule has 1 aromatic carbocycles. The van der Waals surface area contributed by atoms with E-state index < -0.39 is 0 Å². The third kappa shape index (κ3) is 2.89. The number of aryl methyl sites for hydroxylation is 1. The Labute approximate surface area is 132 Å². The highest BCUT2D eigenvalue weighted by atomic mass is 15.0. The van der Waals surface area contributed by atoms with Crippen LogP contribution in [-0.4, -0.2) is 0 Å². The number of nitrogens with zero attached hydrogens (tertiary/aromatic N) is 1. The van der Waals surface area contributed by atoms with Crippen molar-refractivity contribution in [3.63, 3.8) is 0 Å². The first-order chi connectivity index (χ1) is 10.7. The lowest BCUT2D eigenvalue weighted by molar-refractivity contribution is 0.712. The number of hydrogen-bond donors (Lipinski definition) is 1. The Balaban J connectivity index is 1.91. The molecule has 0 unspecified atom stereocenters. The van der Waals surface area contributed by atoms with Crippen LogP contribution in [0.1, 0.15) is 42.4 Å². The van der Waals surface area contributed by atoms with E-state index in [2.05, 4.69) is 61.3 Å². The fourth-order valence-electron chi connectivity index (χ4n) is 3.04. The van der Waals surface area contributed by atoms with Gasteiger partial charge in [0.25, 0.3) is 0 Å². The van der Waals surface area contributed by atoms with E-state index in [1.807, 2.05) is 0 Å². The van der Waals surface area contributed by atoms with Gasteiger partial charge in [-0.3, -0.25) is 0 Å². The number of hydrogen-bond acceptors (Lipinski definition) is 2. The second kappa shape index (κ2) is 6.07. The summed E-state index contributed by atoms with van der Waals surface area (Å²) in [6.45, 7) is 6.03. The average Bonchev–Trinajstić information content (AvgIpc) is 2.51. The fraction of sp³-hybridized carbons (Fsp3) is 0.250. The fourth-order valence-corrected chi connectivity index (χ4v) is 3.04. The summed E-state index contributed by atoms with van der Waals surface area (Å²) in [7, 11) is 0. The van der Waals surface area contributed by atoms with Crippen molar-refractivity contribution in [3.05, 3.63) is 70.6 Å². The van der Waals surface area contributed by atoms with Crippen LogP contribution in [0.15, 0.2) is 53.9 Å². The lowest BCUT2D eigenvalue weighted by Crippen LogP contribution is -2.25. The predicted molar refractivity (Wildman–Crippen MR) is 91.6 cm³/mol. The van der Waals surface area contributed by atoms with Crippen molar-refractivity contribution in [3.8, 4) is 6.07 Å². The monoisotopic (exact) mass is 288 g/mol. The Kier molecular flexibility index (Phi) is 3.98. The van der Waals surface area contributed by atoms with Crippen molar-refractivity contribution < 1.29 is 0 Å². The molecule has 110 valence electrons. The standard InChI is InChI=1S/C20H20N2/c1-14-10-17(9-8-16-6-4-3-5-7-16)12-18(11-14)20-15(2)22-19(20)13-21/h6,8-12,22H,2-5,7H2,1H3/b9-8+. The molecule has 1 heterocycles. The minimum atomic E-state index is 0.612. The van der Waals surface area contributed by atoms with E-state index in [1.54, 1.807) is 0 Å². The molecule has 1 aliphatic heterocycles. The van der Waals surface area contributed by atoms with Gasteiger partial charge in [0.1, 0.15) is 11.8 Å². The molecule has 2 aliphatic rings. The van der Waals surface area contributed by atoms with Crippen LogP contribution in [0, 0.1) is 18.3 Å². The smallest absolute Gasteiger partial charge is 0.127 e. The van der Waals surface area contributed by atoms with Gasteiger partial charge < -0.3 is 5.32 Å². The molecule has 0 bridgehead atoms. The minimum Gasteiger partial charge on any atom is -0.346 e. The van der Waals surface area contributed by atoms with Crippen LogP contribution < -0.4 is 5.32 Å². The molecular weight excluding hydrogens is 268 g/mol. The van der Waals surface area contributed by atoms with E-state index in [-0.39, 0.29) is 0 Å². The van der Waals surface area contributed by atoms with Crippen LogP contribution in [0.3, 0.4) is 0 Å². The van der Waals surface area contributed by atoms with E-state index in [9.17, 15) is 0 Å². The lowest BCUT2D eigenvalue weighted by atomic mass is 9.92. The molecule has 3 rings (SSSR count). The summed E-state index contributed by atoms with van der Waals surface area (Å²) in [4.78, 5) is 0. The van der Waals surface area contributed by atoms with Crippen LogP contribution in [0.25, 0.3) is 11.6 Å². The second-order valence-electron chi connectivity index (χ2n) is 5.96. The number of nitriles is 1. The van der Waals surface area contributed by atoms with Crippen molar-refractivity contribution >= 4 is 11.6 Å². The highest BCUT2D eigenvalue weighted by Gasteiger charge is 2.22. The first kappa shape index (κ1) is 14.4. The first-order valence-corrected chi connectivity index (χ1v) is 7.77. The zero-order valence-electron chi connectivity index (χ0n) is 12.9. The molecule has 2 heteroatoms. The Hall–Kier alpha value is -2.53. The van der Waals surface area contributed by atoms with Gasteiger partial charge in [0.05, 0.1) is 0 Å². The molecule has 0 fully saturated rings. The molecule has 0 atom stereocenters. The largest absolute Gasteiger partial charge is 0.346 e. The van der Waals surface area contributed by atoms with E-state index in [1.165, 1.54) is 42.4 Å². The summed E-state index contributed by atoms with van der Waals surface area (Å²) in [6.07, 6.45) is 11.7. The molecule has 1 aliphatic carbocycles. The van der Waals surface area contributed by atoms with Crippen LogP contribution in [0.2, 0.25) is 0 Å². The Morgan fingerprint density at radius 3 is 2.77 bits per heavy atom. The summed E-state index contributed by atoms with van der Waals surface area (Å²) in [5.74, 6) is 0. The van der Waals surface area contributed by atoms with Gasteiger partial charge in [-0.05, 0) is 55.4 Å². The molecule has 0 saturated carbocycles. The van der Waals surface area contributed by atoms with Gasteiger partial charge in [-0.25, -0.2) is 0 Å². The third-order valence-corrected chi connectivity index (χ3v) is 4.14. The number of allylic oxidation sites excluding steroid dienone is 5. The summed E-state index contributed by atoms with van der Waals surface area (Å²) in [5, 5.41) is 12.1. The minimum absolute atomic E-state index is 0.612. The van der Waals surface area contributed by atoms with Crippen LogP contribution >= 0.6 is 0 Å². The van der Waals surface area contributed by atoms with E-state index in [0.29, 0.717) is 5.70 Å². The Bertz CT molecular complexity index is 754. The van der Waals surface area contributed by atoms with Crippen molar-refractivity contribution in [2.45, 2.75) is 32.6 Å². The SMILES string of the molecule is C=C1NC(C#N)=C1c1cc(C)cc(/C=C/C2=CCCCC2)c1. The highest BCUT2D eigenvalue weighted by Crippen LogP contribution is 2.32. The topological polar surface area (TPSA) is 35.8 Å². The molecule has 1 N–H and O–H groups in total. The van der Waals surface area contributed by atoms with Crippen molar-refractivity contribution in [1.29, 1.82) is 5.26 Å². The van der Waals surface area contributed by atoms with Crippen molar-refractivity contribution in [1.82, 2.24) is 5.32 Å². The van der Waals surface area contributed by atoms with Gasteiger partial charge in [0.2, 0.25) is 0 Å². The molecule has 1 aromatic rings. The van der Waals surface area contributed by atoms with Gasteiger partial charge in [-0.2, -0.15) is 5.26 Å². The van der Waals surface area contributed by atoms with Gasteiger partial charge in [0.15, 0.2) is 0 Å². The molecular formula is C20H20N2. The maximum atomic E-state index is 9.11. The Morgan fingerprint density at radius 2 is 2.09 bits per heavy atom. The van der Waals surface area contributed by atoms with Crippen molar-refractivity contribution in [2.75, 3.05) is 0 Å². The van der Waals surface area contributed by atoms with E-state index in [4.69, 9.17) is 5.26 Å². The highest BCUT2D eigenvalue weighted by molar-refractivity contribution is 5.89. The lowest BCUT2D eigenvalue weighted by Gasteiger charge is -2.24. The summed E-state index contributed by atoms with van der Waals surface area (Å²) in [6, 6.07) is 8.59. The molecule has 0 spiro atoms. The number of rotatable bonds is 3. The van der Waals surface area contributed by atoms with Gasteiger partial charge >= 0.3 is 0 Å². The second-order valence-corrected chi connectivity index (χ2v) is 5.96. The molecule has 0 aromatic heterocycles. The van der Waals surface area contributed by atoms with Crippen LogP contribution in [0.5, 0.6) is 0 Å². The summed E-state index contributed by atoms with van der Waals surface area (Å²) in [5.41, 5.74) is 7.24. The van der Waals surface area contributed by atoms with Crippen molar-refractivity contribution in [2.24, 2.45) is 0 Å². The molecule has 22 heavy (non-hydrogen) atoms. The van der Waals surface area contributed by atoms with Gasteiger partial charge in [0, 0.05) is 11.3 Å². The summed E-state index contributed by atoms with van der Waals surface area (Å²) >= 11 is 0. The van der Waals surface area contributed by atoms with Gasteiger partial charge in [-0.15, -0.1) is 0 Å². The first-order valence-electron chi connectivity index (χ1n) is 7.77. The van der Waals surface area contributed by atoms with Gasteiger partial charge in [-0.1, -0.05) is 42.5 Å². The molecule has 0 saturated heterocycles. The third-order valence-electron chi connectivity index (χ3n) is 4.14. The zero-order valence-corrected chi connectivity index (χ0v) is 12.9. The maximum absolute atomic E-state index is 9.11. The molecule has 0 radical (unpaired) electrons. The number of benzene rings is 1. The van der Waals surface area contributed by atoms with Crippen LogP contribution in [-0.2, 0) is 0 Å². The van der Waals surface area contributed by atoms with E-state index >= 15 is 0 Å². The maximum Gasteiger partial charge on any atom is 0.127 e. The zero-order chi connectivity index (χ0) is 15.5. The molecule has 2 nitrogen and oxygen atoms in total. The van der Waals surface area contributed by atoms with E-state index in [0.717, 1.165) is 16.8 Å².